The molecule has 0 atom stereocenters. The molecule has 3 heteroatoms. The lowest BCUT2D eigenvalue weighted by Gasteiger charge is -2.10. The quantitative estimate of drug-likeness (QED) is 0.171. The topological polar surface area (TPSA) is 25.8 Å². The van der Waals surface area contributed by atoms with Crippen molar-refractivity contribution in [3.05, 3.63) is 182 Å². The van der Waals surface area contributed by atoms with Crippen LogP contribution in [0.5, 0.6) is 0 Å². The zero-order valence-electron chi connectivity index (χ0n) is 27.6. The van der Waals surface area contributed by atoms with Crippen LogP contribution in [0.1, 0.15) is 0 Å². The van der Waals surface area contributed by atoms with Crippen molar-refractivity contribution < 1.29 is 0 Å². The Hall–Kier alpha value is -6.42. The fraction of sp³-hybridized carbons (Fsp3) is 0. The van der Waals surface area contributed by atoms with Gasteiger partial charge in [-0.1, -0.05) is 140 Å². The second-order valence-corrected chi connectivity index (χ2v) is 14.1. The lowest BCUT2D eigenvalue weighted by atomic mass is 9.97. The summed E-state index contributed by atoms with van der Waals surface area (Å²) in [6, 6.07) is 65.0. The number of aromatic nitrogens is 2. The summed E-state index contributed by atoms with van der Waals surface area (Å²) in [5.41, 5.74) is 13.1. The Morgan fingerprint density at radius 2 is 0.765 bits per heavy atom. The van der Waals surface area contributed by atoms with Crippen LogP contribution in [0.15, 0.2) is 182 Å². The third-order valence-electron chi connectivity index (χ3n) is 9.87. The van der Waals surface area contributed by atoms with E-state index in [-0.39, 0.29) is 0 Å². The van der Waals surface area contributed by atoms with Crippen molar-refractivity contribution in [1.29, 1.82) is 0 Å². The molecular formula is C48H30N2S. The van der Waals surface area contributed by atoms with Gasteiger partial charge in [-0.2, -0.15) is 0 Å². The van der Waals surface area contributed by atoms with Gasteiger partial charge in [0.15, 0.2) is 0 Å². The van der Waals surface area contributed by atoms with Gasteiger partial charge in [-0.3, -0.25) is 0 Å². The molecule has 0 bridgehead atoms. The van der Waals surface area contributed by atoms with Gasteiger partial charge in [0, 0.05) is 42.1 Å². The average molecular weight is 667 g/mol. The molecule has 0 N–H and O–H groups in total. The van der Waals surface area contributed by atoms with Crippen LogP contribution >= 0.6 is 11.3 Å². The Morgan fingerprint density at radius 3 is 1.49 bits per heavy atom. The molecule has 0 radical (unpaired) electrons. The minimum absolute atomic E-state index is 0.913. The van der Waals surface area contributed by atoms with E-state index in [4.69, 9.17) is 9.97 Å². The van der Waals surface area contributed by atoms with Crippen molar-refractivity contribution in [2.75, 3.05) is 0 Å². The first-order valence-corrected chi connectivity index (χ1v) is 18.0. The molecule has 3 heterocycles. The number of nitrogens with zero attached hydrogens (tertiary/aromatic N) is 2. The molecule has 7 aromatic carbocycles. The summed E-state index contributed by atoms with van der Waals surface area (Å²) in [6.07, 6.45) is 0. The third-order valence-corrected chi connectivity index (χ3v) is 11.0. The zero-order chi connectivity index (χ0) is 33.7. The molecule has 2 nitrogen and oxygen atoms in total. The first-order chi connectivity index (χ1) is 25.2. The van der Waals surface area contributed by atoms with Crippen molar-refractivity contribution in [2.24, 2.45) is 0 Å². The third kappa shape index (κ3) is 5.36. The van der Waals surface area contributed by atoms with Crippen LogP contribution in [0.4, 0.5) is 0 Å². The largest absolute Gasteiger partial charge is 0.245 e. The molecule has 10 rings (SSSR count). The van der Waals surface area contributed by atoms with E-state index in [1.165, 1.54) is 48.0 Å². The minimum Gasteiger partial charge on any atom is -0.245 e. The predicted molar refractivity (Wildman–Crippen MR) is 217 cm³/mol. The highest BCUT2D eigenvalue weighted by molar-refractivity contribution is 7.25. The van der Waals surface area contributed by atoms with Crippen LogP contribution in [-0.2, 0) is 0 Å². The first-order valence-electron chi connectivity index (χ1n) is 17.2. The molecule has 0 unspecified atom stereocenters. The second kappa shape index (κ2) is 12.2. The van der Waals surface area contributed by atoms with Gasteiger partial charge in [0.05, 0.1) is 22.4 Å². The van der Waals surface area contributed by atoms with Crippen LogP contribution in [0.25, 0.3) is 97.9 Å². The molecule has 3 aromatic heterocycles. The standard InChI is InChI=1S/C48H30N2S/c1-2-8-31(9-3-1)36-10-6-11-37(28-36)38-12-7-13-40(29-38)44-26-23-35-21-20-34-22-25-43(49-47(34)48(35)50-44)33-18-16-32(17-19-33)39-24-27-46-42(30-39)41-14-4-5-15-45(41)51-46/h1-30H. The molecule has 0 aliphatic carbocycles. The van der Waals surface area contributed by atoms with Gasteiger partial charge in [0.25, 0.3) is 0 Å². The molecule has 51 heavy (non-hydrogen) atoms. The number of pyridine rings is 2. The molecular weight excluding hydrogens is 637 g/mol. The van der Waals surface area contributed by atoms with Crippen molar-refractivity contribution >= 4 is 53.3 Å². The molecule has 0 spiro atoms. The number of hydrogen-bond acceptors (Lipinski definition) is 3. The maximum Gasteiger partial charge on any atom is 0.0972 e. The summed E-state index contributed by atoms with van der Waals surface area (Å²) in [7, 11) is 0. The maximum atomic E-state index is 5.24. The predicted octanol–water partition coefficient (Wildman–Crippen LogP) is 13.5. The Bertz CT molecular complexity index is 2910. The van der Waals surface area contributed by atoms with Crippen molar-refractivity contribution in [3.63, 3.8) is 0 Å². The van der Waals surface area contributed by atoms with Gasteiger partial charge in [-0.25, -0.2) is 9.97 Å². The summed E-state index contributed by atoms with van der Waals surface area (Å²) >= 11 is 1.85. The number of fused-ring (bicyclic) bond motifs is 6. The Balaban J connectivity index is 0.993. The molecule has 0 aliphatic rings. The fourth-order valence-electron chi connectivity index (χ4n) is 7.20. The summed E-state index contributed by atoms with van der Waals surface area (Å²) in [6.45, 7) is 0. The van der Waals surface area contributed by atoms with Gasteiger partial charge in [0.1, 0.15) is 0 Å². The minimum atomic E-state index is 0.913. The Kier molecular flexibility index (Phi) is 7.04. The van der Waals surface area contributed by atoms with Gasteiger partial charge in [-0.05, 0) is 75.8 Å². The molecule has 0 aliphatic heterocycles. The highest BCUT2D eigenvalue weighted by Crippen LogP contribution is 2.37. The van der Waals surface area contributed by atoms with E-state index in [1.54, 1.807) is 0 Å². The Labute approximate surface area is 300 Å². The van der Waals surface area contributed by atoms with Crippen molar-refractivity contribution in [2.45, 2.75) is 0 Å². The van der Waals surface area contributed by atoms with Crippen LogP contribution in [0.2, 0.25) is 0 Å². The van der Waals surface area contributed by atoms with E-state index >= 15 is 0 Å². The van der Waals surface area contributed by atoms with Gasteiger partial charge < -0.3 is 0 Å². The number of rotatable bonds is 5. The van der Waals surface area contributed by atoms with Gasteiger partial charge in [0.2, 0.25) is 0 Å². The Morgan fingerprint density at radius 1 is 0.294 bits per heavy atom. The monoisotopic (exact) mass is 666 g/mol. The summed E-state index contributed by atoms with van der Waals surface area (Å²) in [4.78, 5) is 10.5. The van der Waals surface area contributed by atoms with E-state index in [9.17, 15) is 0 Å². The summed E-state index contributed by atoms with van der Waals surface area (Å²) in [5.74, 6) is 0. The molecule has 0 fully saturated rings. The van der Waals surface area contributed by atoms with Crippen LogP contribution in [-0.4, -0.2) is 9.97 Å². The zero-order valence-corrected chi connectivity index (χ0v) is 28.4. The second-order valence-electron chi connectivity index (χ2n) is 13.0. The van der Waals surface area contributed by atoms with E-state index in [1.807, 2.05) is 11.3 Å². The lowest BCUT2D eigenvalue weighted by Crippen LogP contribution is -1.91. The fourth-order valence-corrected chi connectivity index (χ4v) is 8.28. The first kappa shape index (κ1) is 29.5. The van der Waals surface area contributed by atoms with Gasteiger partial charge in [-0.15, -0.1) is 11.3 Å². The van der Waals surface area contributed by atoms with Crippen LogP contribution in [0, 0.1) is 0 Å². The summed E-state index contributed by atoms with van der Waals surface area (Å²) < 4.78 is 2.65. The molecule has 0 saturated heterocycles. The normalized spacial score (nSPS) is 11.5. The van der Waals surface area contributed by atoms with Crippen molar-refractivity contribution in [1.82, 2.24) is 9.97 Å². The van der Waals surface area contributed by atoms with E-state index in [2.05, 4.69) is 182 Å². The molecule has 238 valence electrons. The number of thiophene rings is 1. The summed E-state index contributed by atoms with van der Waals surface area (Å²) in [5, 5.41) is 4.79. The molecule has 10 aromatic rings. The molecule has 0 amide bonds. The van der Waals surface area contributed by atoms with E-state index in [0.717, 1.165) is 49.9 Å². The lowest BCUT2D eigenvalue weighted by molar-refractivity contribution is 1.36. The highest BCUT2D eigenvalue weighted by Gasteiger charge is 2.12. The number of benzene rings is 7. The van der Waals surface area contributed by atoms with Crippen molar-refractivity contribution in [3.8, 4) is 55.9 Å². The smallest absolute Gasteiger partial charge is 0.0972 e. The molecule has 0 saturated carbocycles. The SMILES string of the molecule is c1ccc(-c2cccc(-c3cccc(-c4ccc5ccc6ccc(-c7ccc(-c8ccc9sc%10ccccc%10c9c8)cc7)nc6c5n4)c3)c2)cc1. The highest BCUT2D eigenvalue weighted by atomic mass is 32.1. The van der Waals surface area contributed by atoms with E-state index in [0.29, 0.717) is 0 Å². The maximum absolute atomic E-state index is 5.24. The average Bonchev–Trinajstić information content (AvgIpc) is 3.59. The number of hydrogen-bond donors (Lipinski definition) is 0. The van der Waals surface area contributed by atoms with Crippen LogP contribution < -0.4 is 0 Å². The van der Waals surface area contributed by atoms with Crippen LogP contribution in [0.3, 0.4) is 0 Å². The van der Waals surface area contributed by atoms with E-state index < -0.39 is 0 Å². The van der Waals surface area contributed by atoms with Gasteiger partial charge >= 0.3 is 0 Å².